The van der Waals surface area contributed by atoms with Crippen molar-refractivity contribution in [3.05, 3.63) is 65.1 Å². The molecule has 22 heavy (non-hydrogen) atoms. The number of aromatic nitrogens is 1. The Morgan fingerprint density at radius 3 is 2.59 bits per heavy atom. The lowest BCUT2D eigenvalue weighted by Gasteiger charge is -2.07. The largest absolute Gasteiger partial charge is 0.361 e. The van der Waals surface area contributed by atoms with Crippen molar-refractivity contribution in [3.8, 4) is 0 Å². The van der Waals surface area contributed by atoms with Crippen LogP contribution in [0.1, 0.15) is 16.7 Å². The first-order chi connectivity index (χ1) is 10.5. The van der Waals surface area contributed by atoms with Gasteiger partial charge in [-0.2, -0.15) is 0 Å². The molecular weight excluding hydrogens is 279 g/mol. The van der Waals surface area contributed by atoms with E-state index in [9.17, 15) is 9.18 Å². The SMILES string of the molecule is Cc1cc(C)cc(NC(=O)Cc2c[nH]c3cc(F)ccc23)c1. The highest BCUT2D eigenvalue weighted by Gasteiger charge is 2.10. The molecule has 0 atom stereocenters. The van der Waals surface area contributed by atoms with Gasteiger partial charge in [-0.3, -0.25) is 4.79 Å². The minimum absolute atomic E-state index is 0.0878. The van der Waals surface area contributed by atoms with Crippen LogP contribution in [0, 0.1) is 19.7 Å². The summed E-state index contributed by atoms with van der Waals surface area (Å²) in [5, 5.41) is 3.78. The number of aromatic amines is 1. The number of carbonyl (C=O) groups excluding carboxylic acids is 1. The minimum Gasteiger partial charge on any atom is -0.361 e. The van der Waals surface area contributed by atoms with Crippen molar-refractivity contribution in [1.82, 2.24) is 4.98 Å². The normalized spacial score (nSPS) is 10.9. The quantitative estimate of drug-likeness (QED) is 0.750. The average molecular weight is 296 g/mol. The Morgan fingerprint density at radius 1 is 1.14 bits per heavy atom. The lowest BCUT2D eigenvalue weighted by molar-refractivity contribution is -0.115. The molecule has 0 unspecified atom stereocenters. The first kappa shape index (κ1) is 14.3. The second-order valence-electron chi connectivity index (χ2n) is 5.61. The Kier molecular flexibility index (Phi) is 3.67. The van der Waals surface area contributed by atoms with Crippen LogP contribution in [0.4, 0.5) is 10.1 Å². The number of nitrogens with one attached hydrogen (secondary N) is 2. The number of benzene rings is 2. The van der Waals surface area contributed by atoms with Gasteiger partial charge >= 0.3 is 0 Å². The second kappa shape index (κ2) is 5.64. The van der Waals surface area contributed by atoms with Gasteiger partial charge in [0, 0.05) is 22.8 Å². The molecule has 0 aliphatic heterocycles. The molecule has 0 aliphatic carbocycles. The fourth-order valence-corrected chi connectivity index (χ4v) is 2.73. The third kappa shape index (κ3) is 3.01. The number of rotatable bonds is 3. The standard InChI is InChI=1S/C18H17FN2O/c1-11-5-12(2)7-15(6-11)21-18(22)8-13-10-20-17-9-14(19)3-4-16(13)17/h3-7,9-10,20H,8H2,1-2H3,(H,21,22). The number of fused-ring (bicyclic) bond motifs is 1. The summed E-state index contributed by atoms with van der Waals surface area (Å²) in [5.41, 5.74) is 4.58. The van der Waals surface area contributed by atoms with Gasteiger partial charge in [-0.25, -0.2) is 4.39 Å². The summed E-state index contributed by atoms with van der Waals surface area (Å²) in [6, 6.07) is 10.5. The topological polar surface area (TPSA) is 44.9 Å². The molecule has 3 rings (SSSR count). The smallest absolute Gasteiger partial charge is 0.228 e. The number of carbonyl (C=O) groups is 1. The lowest BCUT2D eigenvalue weighted by Crippen LogP contribution is -2.14. The van der Waals surface area contributed by atoms with Crippen LogP contribution in [-0.4, -0.2) is 10.9 Å². The number of hydrogen-bond donors (Lipinski definition) is 2. The van der Waals surface area contributed by atoms with Crippen molar-refractivity contribution in [1.29, 1.82) is 0 Å². The number of amides is 1. The Labute approximate surface area is 128 Å². The van der Waals surface area contributed by atoms with Gasteiger partial charge in [-0.1, -0.05) is 6.07 Å². The van der Waals surface area contributed by atoms with E-state index in [2.05, 4.69) is 16.4 Å². The van der Waals surface area contributed by atoms with Crippen LogP contribution in [0.5, 0.6) is 0 Å². The Balaban J connectivity index is 1.78. The number of anilines is 1. The first-order valence-corrected chi connectivity index (χ1v) is 7.15. The fourth-order valence-electron chi connectivity index (χ4n) is 2.73. The number of H-pyrrole nitrogens is 1. The van der Waals surface area contributed by atoms with Crippen molar-refractivity contribution in [2.45, 2.75) is 20.3 Å². The Hall–Kier alpha value is -2.62. The molecule has 0 aliphatic rings. The third-order valence-electron chi connectivity index (χ3n) is 3.59. The zero-order valence-electron chi connectivity index (χ0n) is 12.5. The van der Waals surface area contributed by atoms with Gasteiger partial charge in [0.25, 0.3) is 0 Å². The predicted molar refractivity (Wildman–Crippen MR) is 86.5 cm³/mol. The molecule has 0 bridgehead atoms. The number of hydrogen-bond acceptors (Lipinski definition) is 1. The third-order valence-corrected chi connectivity index (χ3v) is 3.59. The van der Waals surface area contributed by atoms with Gasteiger partial charge in [0.2, 0.25) is 5.91 Å². The maximum atomic E-state index is 13.2. The van der Waals surface area contributed by atoms with Gasteiger partial charge < -0.3 is 10.3 Å². The van der Waals surface area contributed by atoms with Gasteiger partial charge in [-0.05, 0) is 60.9 Å². The van der Waals surface area contributed by atoms with E-state index in [1.165, 1.54) is 12.1 Å². The summed E-state index contributed by atoms with van der Waals surface area (Å²) in [7, 11) is 0. The lowest BCUT2D eigenvalue weighted by atomic mass is 10.1. The number of halogens is 1. The molecule has 2 N–H and O–H groups in total. The molecular formula is C18H17FN2O. The van der Waals surface area contributed by atoms with Crippen molar-refractivity contribution in [2.75, 3.05) is 5.32 Å². The molecule has 0 saturated carbocycles. The van der Waals surface area contributed by atoms with E-state index in [0.29, 0.717) is 5.52 Å². The molecule has 1 heterocycles. The molecule has 4 heteroatoms. The fraction of sp³-hybridized carbons (Fsp3) is 0.167. The summed E-state index contributed by atoms with van der Waals surface area (Å²) in [6.45, 7) is 3.99. The van der Waals surface area contributed by atoms with Gasteiger partial charge in [0.15, 0.2) is 0 Å². The molecule has 0 radical (unpaired) electrons. The van der Waals surface area contributed by atoms with Crippen LogP contribution in [0.15, 0.2) is 42.6 Å². The number of aryl methyl sites for hydroxylation is 2. The van der Waals surface area contributed by atoms with Crippen LogP contribution < -0.4 is 5.32 Å². The van der Waals surface area contributed by atoms with Crippen molar-refractivity contribution >= 4 is 22.5 Å². The maximum Gasteiger partial charge on any atom is 0.228 e. The summed E-state index contributed by atoms with van der Waals surface area (Å²) >= 11 is 0. The Morgan fingerprint density at radius 2 is 1.86 bits per heavy atom. The summed E-state index contributed by atoms with van der Waals surface area (Å²) in [6.07, 6.45) is 2.00. The molecule has 1 aromatic heterocycles. The average Bonchev–Trinajstić information content (AvgIpc) is 2.79. The van der Waals surface area contributed by atoms with Crippen molar-refractivity contribution in [3.63, 3.8) is 0 Å². The Bertz CT molecular complexity index is 831. The maximum absolute atomic E-state index is 13.2. The van der Waals surface area contributed by atoms with Crippen molar-refractivity contribution < 1.29 is 9.18 Å². The van der Waals surface area contributed by atoms with E-state index in [1.807, 2.05) is 26.0 Å². The van der Waals surface area contributed by atoms with Crippen LogP contribution in [0.2, 0.25) is 0 Å². The van der Waals surface area contributed by atoms with E-state index >= 15 is 0 Å². The summed E-state index contributed by atoms with van der Waals surface area (Å²) in [5.74, 6) is -0.379. The van der Waals surface area contributed by atoms with Gasteiger partial charge in [0.05, 0.1) is 6.42 Å². The van der Waals surface area contributed by atoms with E-state index in [0.717, 1.165) is 27.8 Å². The molecule has 112 valence electrons. The second-order valence-corrected chi connectivity index (χ2v) is 5.61. The molecule has 0 spiro atoms. The monoisotopic (exact) mass is 296 g/mol. The van der Waals surface area contributed by atoms with Crippen LogP contribution in [0.3, 0.4) is 0 Å². The highest BCUT2D eigenvalue weighted by atomic mass is 19.1. The summed E-state index contributed by atoms with van der Waals surface area (Å²) in [4.78, 5) is 15.2. The molecule has 1 amide bonds. The zero-order valence-corrected chi connectivity index (χ0v) is 12.5. The first-order valence-electron chi connectivity index (χ1n) is 7.15. The molecule has 3 nitrogen and oxygen atoms in total. The van der Waals surface area contributed by atoms with Gasteiger partial charge in [0.1, 0.15) is 5.82 Å². The van der Waals surface area contributed by atoms with E-state index in [4.69, 9.17) is 0 Å². The van der Waals surface area contributed by atoms with Gasteiger partial charge in [-0.15, -0.1) is 0 Å². The highest BCUT2D eigenvalue weighted by Crippen LogP contribution is 2.20. The highest BCUT2D eigenvalue weighted by molar-refractivity contribution is 5.95. The molecule has 0 saturated heterocycles. The minimum atomic E-state index is -0.291. The van der Waals surface area contributed by atoms with Crippen molar-refractivity contribution in [2.24, 2.45) is 0 Å². The molecule has 0 fully saturated rings. The molecule has 3 aromatic rings. The predicted octanol–water partition coefficient (Wildman–Crippen LogP) is 4.11. The van der Waals surface area contributed by atoms with E-state index < -0.39 is 0 Å². The zero-order chi connectivity index (χ0) is 15.7. The van der Waals surface area contributed by atoms with E-state index in [-0.39, 0.29) is 18.1 Å². The van der Waals surface area contributed by atoms with Crippen LogP contribution >= 0.6 is 0 Å². The van der Waals surface area contributed by atoms with Crippen LogP contribution in [0.25, 0.3) is 10.9 Å². The van der Waals surface area contributed by atoms with E-state index in [1.54, 1.807) is 12.3 Å². The summed E-state index contributed by atoms with van der Waals surface area (Å²) < 4.78 is 13.2. The molecule has 2 aromatic carbocycles. The van der Waals surface area contributed by atoms with Crippen LogP contribution in [-0.2, 0) is 11.2 Å².